The van der Waals surface area contributed by atoms with Crippen LogP contribution in [0.4, 0.5) is 5.69 Å². The fourth-order valence-electron chi connectivity index (χ4n) is 6.01. The number of ether oxygens (including phenoxy) is 1. The number of esters is 1. The first-order valence-corrected chi connectivity index (χ1v) is 16.5. The molecule has 3 aliphatic heterocycles. The molecule has 41 heavy (non-hydrogen) atoms. The largest absolute Gasteiger partial charge is 0.465 e. The van der Waals surface area contributed by atoms with Crippen LogP contribution in [0, 0.1) is 0 Å². The van der Waals surface area contributed by atoms with Gasteiger partial charge in [0.05, 0.1) is 18.3 Å². The molecule has 3 unspecified atom stereocenters. The molecule has 9 nitrogen and oxygen atoms in total. The molecule has 2 fully saturated rings. The molecule has 0 aliphatic carbocycles. The van der Waals surface area contributed by atoms with E-state index in [1.807, 2.05) is 24.3 Å². The van der Waals surface area contributed by atoms with Crippen LogP contribution in [0.2, 0.25) is 10.0 Å². The zero-order chi connectivity index (χ0) is 29.7. The number of piperidine rings is 1. The molecule has 4 atom stereocenters. The SMILES string of the molecule is CCOC(=O)C1CCCCN1S(=O)(=O)C1C(C)N=C2N(c3cc(Cl)cc(Cl)c3)C(=O)[C@@](C)(Cc3ccc(Br)cc3)N21. The number of hydrogen-bond donors (Lipinski definition) is 0. The van der Waals surface area contributed by atoms with Gasteiger partial charge in [0, 0.05) is 27.5 Å². The molecular weight excluding hydrogens is 655 g/mol. The lowest BCUT2D eigenvalue weighted by Gasteiger charge is -2.41. The minimum absolute atomic E-state index is 0.152. The summed E-state index contributed by atoms with van der Waals surface area (Å²) >= 11 is 16.1. The second-order valence-corrected chi connectivity index (χ2v) is 14.5. The van der Waals surface area contributed by atoms with Crippen molar-refractivity contribution in [2.45, 2.75) is 69.5 Å². The Balaban J connectivity index is 1.63. The average Bonchev–Trinajstić information content (AvgIpc) is 3.36. The van der Waals surface area contributed by atoms with Crippen LogP contribution in [0.15, 0.2) is 51.9 Å². The third kappa shape index (κ3) is 5.40. The molecule has 0 bridgehead atoms. The van der Waals surface area contributed by atoms with E-state index in [1.54, 1.807) is 43.9 Å². The van der Waals surface area contributed by atoms with Gasteiger partial charge in [-0.05, 0) is 75.9 Å². The minimum atomic E-state index is -4.19. The number of rotatable bonds is 7. The van der Waals surface area contributed by atoms with Crippen LogP contribution in [0.1, 0.15) is 45.6 Å². The van der Waals surface area contributed by atoms with Crippen molar-refractivity contribution in [1.82, 2.24) is 9.21 Å². The van der Waals surface area contributed by atoms with Gasteiger partial charge in [-0.1, -0.05) is 51.3 Å². The standard InChI is InChI=1S/C28H31BrCl2N4O5S/c1-4-40-25(36)23-7-5-6-12-33(23)41(38,39)24-17(2)32-27-34(22-14-20(30)13-21(31)15-22)26(37)28(3,35(24)27)16-18-8-10-19(29)11-9-18/h8-11,13-15,17,23-24H,4-7,12,16H2,1-3H3/t17?,23?,24?,28-/m1/s1. The van der Waals surface area contributed by atoms with Gasteiger partial charge in [-0.25, -0.2) is 18.3 Å². The normalized spacial score (nSPS) is 26.7. The van der Waals surface area contributed by atoms with Crippen molar-refractivity contribution in [1.29, 1.82) is 0 Å². The van der Waals surface area contributed by atoms with Crippen molar-refractivity contribution < 1.29 is 22.7 Å². The molecule has 13 heteroatoms. The summed E-state index contributed by atoms with van der Waals surface area (Å²) in [7, 11) is -4.19. The van der Waals surface area contributed by atoms with Gasteiger partial charge in [-0.15, -0.1) is 0 Å². The third-order valence-electron chi connectivity index (χ3n) is 7.81. The van der Waals surface area contributed by atoms with Gasteiger partial charge in [0.15, 0.2) is 5.37 Å². The Morgan fingerprint density at radius 1 is 1.15 bits per heavy atom. The first-order valence-electron chi connectivity index (χ1n) is 13.5. The van der Waals surface area contributed by atoms with E-state index in [1.165, 1.54) is 9.21 Å². The van der Waals surface area contributed by atoms with Crippen molar-refractivity contribution in [2.75, 3.05) is 18.1 Å². The molecule has 2 aromatic carbocycles. The van der Waals surface area contributed by atoms with E-state index in [2.05, 4.69) is 15.9 Å². The summed E-state index contributed by atoms with van der Waals surface area (Å²) in [4.78, 5) is 35.0. The molecule has 2 aromatic rings. The zero-order valence-corrected chi connectivity index (χ0v) is 26.8. The van der Waals surface area contributed by atoms with Crippen LogP contribution in [-0.2, 0) is 30.8 Å². The maximum absolute atomic E-state index is 14.5. The summed E-state index contributed by atoms with van der Waals surface area (Å²) in [6, 6.07) is 10.6. The van der Waals surface area contributed by atoms with Gasteiger partial charge in [0.25, 0.3) is 5.91 Å². The number of fused-ring (bicyclic) bond motifs is 1. The number of aliphatic imine (C=N–C) groups is 1. The highest BCUT2D eigenvalue weighted by Gasteiger charge is 2.63. The topological polar surface area (TPSA) is 99.6 Å². The van der Waals surface area contributed by atoms with E-state index in [4.69, 9.17) is 32.9 Å². The molecule has 0 N–H and O–H groups in total. The number of carbonyl (C=O) groups excluding carboxylic acids is 2. The molecule has 0 radical (unpaired) electrons. The zero-order valence-electron chi connectivity index (χ0n) is 22.9. The van der Waals surface area contributed by atoms with Crippen LogP contribution < -0.4 is 4.90 Å². The Bertz CT molecular complexity index is 1490. The van der Waals surface area contributed by atoms with E-state index >= 15 is 0 Å². The Morgan fingerprint density at radius 3 is 2.44 bits per heavy atom. The lowest BCUT2D eigenvalue weighted by atomic mass is 9.91. The molecule has 0 saturated carbocycles. The number of amides is 1. The van der Waals surface area contributed by atoms with E-state index in [9.17, 15) is 18.0 Å². The van der Waals surface area contributed by atoms with Gasteiger partial charge in [0.2, 0.25) is 16.0 Å². The number of sulfonamides is 1. The molecule has 1 amide bonds. The van der Waals surface area contributed by atoms with Gasteiger partial charge >= 0.3 is 5.97 Å². The number of halogens is 3. The van der Waals surface area contributed by atoms with Gasteiger partial charge in [0.1, 0.15) is 11.6 Å². The number of nitrogens with zero attached hydrogens (tertiary/aromatic N) is 4. The summed E-state index contributed by atoms with van der Waals surface area (Å²) in [6.07, 6.45) is 1.91. The number of carbonyl (C=O) groups is 2. The highest BCUT2D eigenvalue weighted by atomic mass is 79.9. The van der Waals surface area contributed by atoms with Crippen LogP contribution in [0.25, 0.3) is 0 Å². The van der Waals surface area contributed by atoms with Crippen molar-refractivity contribution in [3.05, 3.63) is 62.5 Å². The lowest BCUT2D eigenvalue weighted by molar-refractivity contribution is -0.148. The molecule has 0 aromatic heterocycles. The maximum Gasteiger partial charge on any atom is 0.324 e. The Labute approximate surface area is 258 Å². The summed E-state index contributed by atoms with van der Waals surface area (Å²) in [5.74, 6) is -0.711. The average molecular weight is 686 g/mol. The second kappa shape index (κ2) is 11.5. The maximum atomic E-state index is 14.5. The number of anilines is 1. The Morgan fingerprint density at radius 2 is 1.80 bits per heavy atom. The summed E-state index contributed by atoms with van der Waals surface area (Å²) in [6.45, 7) is 5.48. The smallest absolute Gasteiger partial charge is 0.324 e. The molecule has 3 aliphatic rings. The highest BCUT2D eigenvalue weighted by molar-refractivity contribution is 9.10. The van der Waals surface area contributed by atoms with E-state index in [0.29, 0.717) is 35.0 Å². The van der Waals surface area contributed by atoms with Gasteiger partial charge in [-0.2, -0.15) is 4.31 Å². The van der Waals surface area contributed by atoms with Crippen LogP contribution in [0.5, 0.6) is 0 Å². The van der Waals surface area contributed by atoms with Crippen LogP contribution >= 0.6 is 39.1 Å². The molecule has 3 heterocycles. The van der Waals surface area contributed by atoms with Crippen molar-refractivity contribution in [3.8, 4) is 0 Å². The van der Waals surface area contributed by atoms with Gasteiger partial charge < -0.3 is 9.64 Å². The van der Waals surface area contributed by atoms with Crippen molar-refractivity contribution in [2.24, 2.45) is 4.99 Å². The fourth-order valence-corrected chi connectivity index (χ4v) is 9.14. The quantitative estimate of drug-likeness (QED) is 0.370. The van der Waals surface area contributed by atoms with E-state index in [0.717, 1.165) is 10.0 Å². The predicted octanol–water partition coefficient (Wildman–Crippen LogP) is 5.24. The molecule has 5 rings (SSSR count). The monoisotopic (exact) mass is 684 g/mol. The first kappa shape index (κ1) is 30.3. The molecule has 0 spiro atoms. The van der Waals surface area contributed by atoms with E-state index in [-0.39, 0.29) is 31.4 Å². The second-order valence-electron chi connectivity index (χ2n) is 10.7. The van der Waals surface area contributed by atoms with E-state index < -0.39 is 39.0 Å². The molecule has 220 valence electrons. The summed E-state index contributed by atoms with van der Waals surface area (Å²) < 4.78 is 36.4. The lowest BCUT2D eigenvalue weighted by Crippen LogP contribution is -2.61. The fraction of sp³-hybridized carbons (Fsp3) is 0.464. The van der Waals surface area contributed by atoms with Crippen LogP contribution in [-0.4, -0.2) is 71.6 Å². The highest BCUT2D eigenvalue weighted by Crippen LogP contribution is 2.44. The third-order valence-corrected chi connectivity index (χ3v) is 11.1. The first-order chi connectivity index (χ1) is 19.4. The molecule has 2 saturated heterocycles. The molecular formula is C28H31BrCl2N4O5S. The van der Waals surface area contributed by atoms with Crippen molar-refractivity contribution >= 4 is 72.7 Å². The van der Waals surface area contributed by atoms with Gasteiger partial charge in [-0.3, -0.25) is 9.59 Å². The number of guanidine groups is 1. The van der Waals surface area contributed by atoms with Crippen molar-refractivity contribution in [3.63, 3.8) is 0 Å². The predicted molar refractivity (Wildman–Crippen MR) is 163 cm³/mol. The number of benzene rings is 2. The Kier molecular flexibility index (Phi) is 8.48. The van der Waals surface area contributed by atoms with Crippen LogP contribution in [0.3, 0.4) is 0 Å². The summed E-state index contributed by atoms with van der Waals surface area (Å²) in [5, 5.41) is -0.568. The minimum Gasteiger partial charge on any atom is -0.465 e. The number of hydrogen-bond acceptors (Lipinski definition) is 7. The Hall–Kier alpha value is -2.18. The summed E-state index contributed by atoms with van der Waals surface area (Å²) in [5.41, 5.74) is -0.102.